The molecule has 5 heteroatoms. The highest BCUT2D eigenvalue weighted by atomic mass is 16.5. The van der Waals surface area contributed by atoms with E-state index in [1.54, 1.807) is 12.1 Å². The van der Waals surface area contributed by atoms with E-state index in [1.165, 1.54) is 0 Å². The molecule has 5 nitrogen and oxygen atoms in total. The quantitative estimate of drug-likeness (QED) is 0.443. The predicted octanol–water partition coefficient (Wildman–Crippen LogP) is 6.43. The Balaban J connectivity index is 2.25. The van der Waals surface area contributed by atoms with Gasteiger partial charge in [-0.15, -0.1) is 0 Å². The van der Waals surface area contributed by atoms with E-state index >= 15 is 0 Å². The largest absolute Gasteiger partial charge is 0.758 e. The maximum atomic E-state index is 13.0. The van der Waals surface area contributed by atoms with Gasteiger partial charge in [-0.3, -0.25) is 0 Å². The summed E-state index contributed by atoms with van der Waals surface area (Å²) in [5.41, 5.74) is 1.20. The van der Waals surface area contributed by atoms with Crippen molar-refractivity contribution in [3.63, 3.8) is 0 Å². The van der Waals surface area contributed by atoms with Crippen molar-refractivity contribution in [3.8, 4) is 11.5 Å². The fourth-order valence-corrected chi connectivity index (χ4v) is 3.54. The number of fused-ring (bicyclic) bond motifs is 2. The molecular formula is C23H30N2O3. The fourth-order valence-electron chi connectivity index (χ4n) is 3.54. The molecule has 2 aromatic carbocycles. The van der Waals surface area contributed by atoms with E-state index in [0.717, 1.165) is 21.0 Å². The third-order valence-electron chi connectivity index (χ3n) is 5.20. The summed E-state index contributed by atoms with van der Waals surface area (Å²) in [6.45, 7) is 15.4. The minimum absolute atomic E-state index is 0.410. The molecule has 0 spiro atoms. The molecule has 3 rings (SSSR count). The van der Waals surface area contributed by atoms with Crippen LogP contribution < -0.4 is 9.80 Å². The van der Waals surface area contributed by atoms with Crippen LogP contribution in [0.1, 0.15) is 66.5 Å². The third-order valence-corrected chi connectivity index (χ3v) is 5.20. The predicted molar refractivity (Wildman–Crippen MR) is 114 cm³/mol. The first-order valence-electron chi connectivity index (χ1n) is 9.66. The van der Waals surface area contributed by atoms with Gasteiger partial charge in [0.2, 0.25) is 11.3 Å². The van der Waals surface area contributed by atoms with Gasteiger partial charge in [0.25, 0.3) is 5.69 Å². The van der Waals surface area contributed by atoms with Crippen molar-refractivity contribution in [2.75, 3.05) is 5.06 Å². The second-order valence-corrected chi connectivity index (χ2v) is 9.97. The van der Waals surface area contributed by atoms with Crippen molar-refractivity contribution in [2.24, 2.45) is 0 Å². The number of hydrogen-bond acceptors (Lipinski definition) is 4. The standard InChI is InChI=1S/C23H30N2O3/c1-21(2,3)24(26)17-13-9-11-15-19(17)28-20-16(23(15,7)8)12-10-14-18(20)25(27)22(4,5)6/h9-14H,1-8H3. The number of hydrogen-bond donors (Lipinski definition) is 0. The van der Waals surface area contributed by atoms with Gasteiger partial charge < -0.3 is 15.0 Å². The van der Waals surface area contributed by atoms with Gasteiger partial charge in [0.1, 0.15) is 0 Å². The van der Waals surface area contributed by atoms with Crippen LogP contribution in [-0.2, 0) is 5.41 Å². The summed E-state index contributed by atoms with van der Waals surface area (Å²) in [7, 11) is 0. The SMILES string of the molecule is CC1(C)c2cccc(N([O-])C(C)(C)C)c2Oc2c([N+](=O)C(C)(C)C)cccc21. The van der Waals surface area contributed by atoms with E-state index in [4.69, 9.17) is 4.74 Å². The minimum Gasteiger partial charge on any atom is -0.758 e. The summed E-state index contributed by atoms with van der Waals surface area (Å²) >= 11 is 0. The van der Waals surface area contributed by atoms with Crippen molar-refractivity contribution in [3.05, 3.63) is 57.6 Å². The Morgan fingerprint density at radius 3 is 2.00 bits per heavy atom. The maximum absolute atomic E-state index is 13.0. The first-order valence-corrected chi connectivity index (χ1v) is 9.66. The van der Waals surface area contributed by atoms with Gasteiger partial charge in [-0.25, -0.2) is 0 Å². The van der Waals surface area contributed by atoms with E-state index < -0.39 is 16.5 Å². The number of benzene rings is 2. The number of nitroso groups, excluding NO2 is 1. The van der Waals surface area contributed by atoms with Gasteiger partial charge in [0.15, 0.2) is 5.75 Å². The molecule has 0 radical (unpaired) electrons. The lowest BCUT2D eigenvalue weighted by Crippen LogP contribution is -2.37. The summed E-state index contributed by atoms with van der Waals surface area (Å²) in [5, 5.41) is 14.0. The molecule has 0 atom stereocenters. The Hall–Kier alpha value is -2.40. The molecule has 28 heavy (non-hydrogen) atoms. The van der Waals surface area contributed by atoms with Crippen LogP contribution in [0, 0.1) is 10.1 Å². The van der Waals surface area contributed by atoms with Gasteiger partial charge in [-0.05, 0) is 26.8 Å². The van der Waals surface area contributed by atoms with Crippen molar-refractivity contribution >= 4 is 11.4 Å². The summed E-state index contributed by atoms with van der Waals surface area (Å²) in [4.78, 5) is 13.0. The van der Waals surface area contributed by atoms with Crippen LogP contribution in [0.15, 0.2) is 36.4 Å². The lowest BCUT2D eigenvalue weighted by Gasteiger charge is -2.46. The molecule has 1 heterocycles. The van der Waals surface area contributed by atoms with Crippen LogP contribution in [0.4, 0.5) is 11.4 Å². The topological polar surface area (TPSA) is 55.6 Å². The summed E-state index contributed by atoms with van der Waals surface area (Å²) < 4.78 is 7.31. The van der Waals surface area contributed by atoms with Gasteiger partial charge in [-0.1, -0.05) is 38.1 Å². The van der Waals surface area contributed by atoms with Crippen molar-refractivity contribution in [2.45, 2.75) is 71.9 Å². The third kappa shape index (κ3) is 3.18. The molecule has 0 unspecified atom stereocenters. The molecule has 0 saturated carbocycles. The number of ether oxygens (including phenoxy) is 1. The molecule has 0 aromatic heterocycles. The first-order chi connectivity index (χ1) is 12.8. The van der Waals surface area contributed by atoms with Crippen LogP contribution >= 0.6 is 0 Å². The molecule has 150 valence electrons. The number of hydroxylamine groups is 1. The number of rotatable bonds is 2. The van der Waals surface area contributed by atoms with Gasteiger partial charge in [0.05, 0.1) is 5.69 Å². The highest BCUT2D eigenvalue weighted by Crippen LogP contribution is 2.54. The monoisotopic (exact) mass is 382 g/mol. The van der Waals surface area contributed by atoms with Crippen LogP contribution in [-0.4, -0.2) is 15.8 Å². The molecule has 0 N–H and O–H groups in total. The average molecular weight is 383 g/mol. The smallest absolute Gasteiger partial charge is 0.299 e. The van der Waals surface area contributed by atoms with Crippen LogP contribution in [0.3, 0.4) is 0 Å². The van der Waals surface area contributed by atoms with Crippen molar-refractivity contribution < 1.29 is 9.50 Å². The molecule has 0 bridgehead atoms. The van der Waals surface area contributed by atoms with E-state index in [2.05, 4.69) is 13.8 Å². The second-order valence-electron chi connectivity index (χ2n) is 9.97. The van der Waals surface area contributed by atoms with Gasteiger partial charge >= 0.3 is 0 Å². The zero-order valence-electron chi connectivity index (χ0n) is 18.1. The Morgan fingerprint density at radius 2 is 1.46 bits per heavy atom. The summed E-state index contributed by atoms with van der Waals surface area (Å²) in [6, 6.07) is 11.3. The van der Waals surface area contributed by atoms with E-state index in [1.807, 2.05) is 65.8 Å². The Bertz CT molecular complexity index is 934. The van der Waals surface area contributed by atoms with E-state index in [-0.39, 0.29) is 0 Å². The maximum Gasteiger partial charge on any atom is 0.299 e. The Kier molecular flexibility index (Phi) is 4.58. The zero-order valence-corrected chi connectivity index (χ0v) is 18.1. The van der Waals surface area contributed by atoms with E-state index in [0.29, 0.717) is 22.9 Å². The van der Waals surface area contributed by atoms with Crippen LogP contribution in [0.25, 0.3) is 0 Å². The summed E-state index contributed by atoms with van der Waals surface area (Å²) in [5.74, 6) is 1.05. The lowest BCUT2D eigenvalue weighted by molar-refractivity contribution is -0.540. The highest BCUT2D eigenvalue weighted by molar-refractivity contribution is 5.72. The number of para-hydroxylation sites is 2. The molecular weight excluding hydrogens is 352 g/mol. The second kappa shape index (κ2) is 6.31. The molecule has 0 amide bonds. The molecule has 0 aliphatic carbocycles. The normalized spacial score (nSPS) is 15.3. The first kappa shape index (κ1) is 20.3. The molecule has 1 aliphatic heterocycles. The average Bonchev–Trinajstić information content (AvgIpc) is 2.58. The summed E-state index contributed by atoms with van der Waals surface area (Å²) in [6.07, 6.45) is 0. The molecule has 1 aliphatic rings. The van der Waals surface area contributed by atoms with E-state index in [9.17, 15) is 10.1 Å². The zero-order chi connectivity index (χ0) is 21.1. The highest BCUT2D eigenvalue weighted by Gasteiger charge is 2.42. The van der Waals surface area contributed by atoms with Crippen molar-refractivity contribution in [1.29, 1.82) is 0 Å². The fraction of sp³-hybridized carbons (Fsp3) is 0.478. The van der Waals surface area contributed by atoms with Crippen LogP contribution in [0.5, 0.6) is 11.5 Å². The Labute approximate surface area is 167 Å². The molecule has 2 aromatic rings. The Morgan fingerprint density at radius 1 is 0.929 bits per heavy atom. The molecule has 0 saturated heterocycles. The van der Waals surface area contributed by atoms with Crippen LogP contribution in [0.2, 0.25) is 0 Å². The van der Waals surface area contributed by atoms with Gasteiger partial charge in [-0.2, -0.15) is 0 Å². The minimum atomic E-state index is -0.613. The number of nitrogens with zero attached hydrogens (tertiary/aromatic N) is 2. The molecule has 0 fully saturated rings. The van der Waals surface area contributed by atoms with Crippen molar-refractivity contribution in [1.82, 2.24) is 0 Å². The van der Waals surface area contributed by atoms with Gasteiger partial charge in [0, 0.05) is 58.6 Å². The number of anilines is 1. The lowest BCUT2D eigenvalue weighted by atomic mass is 9.75.